The molecule has 0 fully saturated rings. The number of rotatable bonds is 3. The number of aliphatic carboxylic acids is 1. The van der Waals surface area contributed by atoms with Crippen molar-refractivity contribution in [2.24, 2.45) is 0 Å². The van der Waals surface area contributed by atoms with Crippen molar-refractivity contribution in [3.63, 3.8) is 0 Å². The fraction of sp³-hybridized carbons (Fsp3) is 0.250. The first-order valence-electron chi connectivity index (χ1n) is 4.90. The minimum atomic E-state index is -0.902. The van der Waals surface area contributed by atoms with Crippen molar-refractivity contribution >= 4 is 16.9 Å². The molecule has 1 aromatic heterocycles. The van der Waals surface area contributed by atoms with Gasteiger partial charge in [0.25, 0.3) is 0 Å². The molecule has 0 aliphatic heterocycles. The van der Waals surface area contributed by atoms with Crippen molar-refractivity contribution < 1.29 is 19.1 Å². The monoisotopic (exact) mass is 220 g/mol. The highest BCUT2D eigenvalue weighted by Gasteiger charge is 2.15. The first-order valence-corrected chi connectivity index (χ1v) is 4.90. The Labute approximate surface area is 92.4 Å². The Kier molecular flexibility index (Phi) is 2.56. The third-order valence-electron chi connectivity index (χ3n) is 2.56. The molecule has 0 saturated carbocycles. The number of aryl methyl sites for hydroxylation is 1. The summed E-state index contributed by atoms with van der Waals surface area (Å²) in [6.07, 6.45) is -0.107. The standard InChI is InChI=1S/C12H12O4/c1-7-8-4-3-5-9(15-2)12(8)16-10(7)6-11(13)14/h3-5H,6H2,1-2H3,(H,13,14). The van der Waals surface area contributed by atoms with Crippen LogP contribution in [-0.4, -0.2) is 18.2 Å². The molecule has 2 rings (SSSR count). The van der Waals surface area contributed by atoms with Gasteiger partial charge in [0, 0.05) is 5.39 Å². The summed E-state index contributed by atoms with van der Waals surface area (Å²) in [6, 6.07) is 5.53. The first kappa shape index (κ1) is 10.5. The fourth-order valence-corrected chi connectivity index (χ4v) is 1.73. The Balaban J connectivity index is 2.62. The van der Waals surface area contributed by atoms with Crippen molar-refractivity contribution in [2.45, 2.75) is 13.3 Å². The molecule has 0 atom stereocenters. The highest BCUT2D eigenvalue weighted by atomic mass is 16.5. The number of benzene rings is 1. The first-order chi connectivity index (χ1) is 7.63. The van der Waals surface area contributed by atoms with Crippen molar-refractivity contribution in [3.05, 3.63) is 29.5 Å². The average Bonchev–Trinajstić information content (AvgIpc) is 2.55. The molecule has 0 spiro atoms. The molecule has 4 heteroatoms. The van der Waals surface area contributed by atoms with E-state index in [9.17, 15) is 4.79 Å². The van der Waals surface area contributed by atoms with Crippen LogP contribution in [0.1, 0.15) is 11.3 Å². The van der Waals surface area contributed by atoms with Crippen LogP contribution in [0.4, 0.5) is 0 Å². The summed E-state index contributed by atoms with van der Waals surface area (Å²) in [5, 5.41) is 9.65. The number of fused-ring (bicyclic) bond motifs is 1. The Morgan fingerprint density at radius 2 is 2.25 bits per heavy atom. The molecule has 84 valence electrons. The second-order valence-corrected chi connectivity index (χ2v) is 3.56. The summed E-state index contributed by atoms with van der Waals surface area (Å²) in [4.78, 5) is 10.7. The van der Waals surface area contributed by atoms with E-state index >= 15 is 0 Å². The minimum Gasteiger partial charge on any atom is -0.493 e. The van der Waals surface area contributed by atoms with Gasteiger partial charge in [0.05, 0.1) is 7.11 Å². The Hall–Kier alpha value is -1.97. The maximum Gasteiger partial charge on any atom is 0.311 e. The summed E-state index contributed by atoms with van der Waals surface area (Å²) < 4.78 is 10.7. The molecule has 1 aromatic carbocycles. The van der Waals surface area contributed by atoms with Gasteiger partial charge in [-0.3, -0.25) is 4.79 Å². The largest absolute Gasteiger partial charge is 0.493 e. The number of methoxy groups -OCH3 is 1. The van der Waals surface area contributed by atoms with Crippen LogP contribution in [0.25, 0.3) is 11.0 Å². The summed E-state index contributed by atoms with van der Waals surface area (Å²) in [6.45, 7) is 1.85. The molecule has 0 unspecified atom stereocenters. The lowest BCUT2D eigenvalue weighted by molar-refractivity contribution is -0.136. The lowest BCUT2D eigenvalue weighted by atomic mass is 10.1. The molecule has 0 saturated heterocycles. The van der Waals surface area contributed by atoms with Crippen LogP contribution >= 0.6 is 0 Å². The third-order valence-corrected chi connectivity index (χ3v) is 2.56. The van der Waals surface area contributed by atoms with Crippen LogP contribution in [0.5, 0.6) is 5.75 Å². The number of para-hydroxylation sites is 1. The van der Waals surface area contributed by atoms with Gasteiger partial charge in [0.2, 0.25) is 0 Å². The number of carboxylic acids is 1. The maximum absolute atomic E-state index is 10.7. The number of carboxylic acid groups (broad SMARTS) is 1. The highest BCUT2D eigenvalue weighted by Crippen LogP contribution is 2.32. The molecule has 0 amide bonds. The van der Waals surface area contributed by atoms with Gasteiger partial charge in [-0.25, -0.2) is 0 Å². The number of hydrogen-bond acceptors (Lipinski definition) is 3. The van der Waals surface area contributed by atoms with Crippen LogP contribution in [0.15, 0.2) is 22.6 Å². The van der Waals surface area contributed by atoms with Crippen molar-refractivity contribution in [1.29, 1.82) is 0 Å². The van der Waals surface area contributed by atoms with E-state index < -0.39 is 5.97 Å². The lowest BCUT2D eigenvalue weighted by Gasteiger charge is -1.98. The molecule has 2 aromatic rings. The topological polar surface area (TPSA) is 59.7 Å². The van der Waals surface area contributed by atoms with E-state index in [2.05, 4.69) is 0 Å². The van der Waals surface area contributed by atoms with Crippen LogP contribution in [0.2, 0.25) is 0 Å². The zero-order chi connectivity index (χ0) is 11.7. The van der Waals surface area contributed by atoms with Gasteiger partial charge in [-0.05, 0) is 18.6 Å². The van der Waals surface area contributed by atoms with Crippen LogP contribution < -0.4 is 4.74 Å². The Bertz CT molecular complexity index is 539. The molecule has 0 aliphatic rings. The maximum atomic E-state index is 10.7. The molecule has 16 heavy (non-hydrogen) atoms. The second-order valence-electron chi connectivity index (χ2n) is 3.56. The normalized spacial score (nSPS) is 10.6. The minimum absolute atomic E-state index is 0.107. The SMILES string of the molecule is COc1cccc2c(C)c(CC(=O)O)oc12. The van der Waals surface area contributed by atoms with E-state index in [1.807, 2.05) is 19.1 Å². The molecule has 1 heterocycles. The van der Waals surface area contributed by atoms with E-state index in [0.29, 0.717) is 17.1 Å². The lowest BCUT2D eigenvalue weighted by Crippen LogP contribution is -1.99. The summed E-state index contributed by atoms with van der Waals surface area (Å²) in [5.41, 5.74) is 1.47. The number of hydrogen-bond donors (Lipinski definition) is 1. The van der Waals surface area contributed by atoms with Crippen LogP contribution in [0.3, 0.4) is 0 Å². The molecule has 4 nitrogen and oxygen atoms in total. The highest BCUT2D eigenvalue weighted by molar-refractivity contribution is 5.88. The summed E-state index contributed by atoms with van der Waals surface area (Å²) in [5.74, 6) is 0.199. The molecular formula is C12H12O4. The molecular weight excluding hydrogens is 208 g/mol. The van der Waals surface area contributed by atoms with Gasteiger partial charge in [-0.15, -0.1) is 0 Å². The predicted molar refractivity (Wildman–Crippen MR) is 58.8 cm³/mol. The molecule has 0 bridgehead atoms. The molecule has 0 aliphatic carbocycles. The van der Waals surface area contributed by atoms with E-state index in [0.717, 1.165) is 10.9 Å². The number of furan rings is 1. The van der Waals surface area contributed by atoms with E-state index in [-0.39, 0.29) is 6.42 Å². The van der Waals surface area contributed by atoms with Gasteiger partial charge in [-0.1, -0.05) is 12.1 Å². The van der Waals surface area contributed by atoms with Gasteiger partial charge in [-0.2, -0.15) is 0 Å². The van der Waals surface area contributed by atoms with Crippen LogP contribution in [0, 0.1) is 6.92 Å². The molecule has 0 radical (unpaired) electrons. The van der Waals surface area contributed by atoms with Crippen molar-refractivity contribution in [2.75, 3.05) is 7.11 Å². The Morgan fingerprint density at radius 3 is 2.88 bits per heavy atom. The third kappa shape index (κ3) is 1.62. The number of ether oxygens (including phenoxy) is 1. The molecule has 1 N–H and O–H groups in total. The van der Waals surface area contributed by atoms with Crippen molar-refractivity contribution in [1.82, 2.24) is 0 Å². The van der Waals surface area contributed by atoms with E-state index in [4.69, 9.17) is 14.3 Å². The van der Waals surface area contributed by atoms with Gasteiger partial charge >= 0.3 is 5.97 Å². The Morgan fingerprint density at radius 1 is 1.50 bits per heavy atom. The second kappa shape index (κ2) is 3.89. The van der Waals surface area contributed by atoms with E-state index in [1.165, 1.54) is 0 Å². The fourth-order valence-electron chi connectivity index (χ4n) is 1.73. The smallest absolute Gasteiger partial charge is 0.311 e. The average molecular weight is 220 g/mol. The van der Waals surface area contributed by atoms with Gasteiger partial charge < -0.3 is 14.3 Å². The predicted octanol–water partition coefficient (Wildman–Crippen LogP) is 2.38. The zero-order valence-electron chi connectivity index (χ0n) is 9.11. The summed E-state index contributed by atoms with van der Waals surface area (Å²) in [7, 11) is 1.56. The van der Waals surface area contributed by atoms with Crippen molar-refractivity contribution in [3.8, 4) is 5.75 Å². The van der Waals surface area contributed by atoms with Gasteiger partial charge in [0.1, 0.15) is 12.2 Å². The quantitative estimate of drug-likeness (QED) is 0.862. The van der Waals surface area contributed by atoms with Gasteiger partial charge in [0.15, 0.2) is 11.3 Å². The summed E-state index contributed by atoms with van der Waals surface area (Å²) >= 11 is 0. The zero-order valence-corrected chi connectivity index (χ0v) is 9.11. The number of carbonyl (C=O) groups is 1. The van der Waals surface area contributed by atoms with Crippen LogP contribution in [-0.2, 0) is 11.2 Å². The van der Waals surface area contributed by atoms with E-state index in [1.54, 1.807) is 13.2 Å².